The summed E-state index contributed by atoms with van der Waals surface area (Å²) in [5.41, 5.74) is 7.69. The molecule has 4 heteroatoms. The van der Waals surface area contributed by atoms with Gasteiger partial charge in [-0.3, -0.25) is 0 Å². The second-order valence-electron chi connectivity index (χ2n) is 3.70. The molecule has 0 aliphatic heterocycles. The van der Waals surface area contributed by atoms with E-state index < -0.39 is 0 Å². The SMILES string of the molecule is N#Cc1ccc(CC(N)CNCCO)cc1. The summed E-state index contributed by atoms with van der Waals surface area (Å²) < 4.78 is 0. The highest BCUT2D eigenvalue weighted by Crippen LogP contribution is 2.05. The van der Waals surface area contributed by atoms with Crippen molar-refractivity contribution in [1.82, 2.24) is 5.32 Å². The highest BCUT2D eigenvalue weighted by Gasteiger charge is 2.03. The van der Waals surface area contributed by atoms with E-state index in [1.54, 1.807) is 12.1 Å². The molecule has 0 fully saturated rings. The molecule has 0 radical (unpaired) electrons. The van der Waals surface area contributed by atoms with Gasteiger partial charge in [-0.2, -0.15) is 5.26 Å². The fourth-order valence-electron chi connectivity index (χ4n) is 1.46. The van der Waals surface area contributed by atoms with E-state index in [1.165, 1.54) is 0 Å². The molecule has 4 N–H and O–H groups in total. The van der Waals surface area contributed by atoms with Crippen molar-refractivity contribution >= 4 is 0 Å². The van der Waals surface area contributed by atoms with Crippen LogP contribution in [0, 0.1) is 11.3 Å². The van der Waals surface area contributed by atoms with Crippen LogP contribution < -0.4 is 11.1 Å². The number of hydrogen-bond donors (Lipinski definition) is 3. The summed E-state index contributed by atoms with van der Waals surface area (Å²) in [5, 5.41) is 20.3. The van der Waals surface area contributed by atoms with E-state index in [0.29, 0.717) is 18.7 Å². The van der Waals surface area contributed by atoms with Crippen LogP contribution in [-0.2, 0) is 6.42 Å². The third-order valence-corrected chi connectivity index (χ3v) is 2.28. The largest absolute Gasteiger partial charge is 0.395 e. The number of hydrogen-bond acceptors (Lipinski definition) is 4. The minimum absolute atomic E-state index is 0.0273. The predicted octanol–water partition coefficient (Wildman–Crippen LogP) is 0.00998. The van der Waals surface area contributed by atoms with Crippen LogP contribution in [0.1, 0.15) is 11.1 Å². The van der Waals surface area contributed by atoms with E-state index in [0.717, 1.165) is 12.0 Å². The van der Waals surface area contributed by atoms with Crippen LogP contribution in [-0.4, -0.2) is 30.8 Å². The van der Waals surface area contributed by atoms with Gasteiger partial charge < -0.3 is 16.2 Å². The van der Waals surface area contributed by atoms with Crippen LogP contribution in [0.25, 0.3) is 0 Å². The summed E-state index contributed by atoms with van der Waals surface area (Å²) in [6.45, 7) is 1.38. The molecule has 0 aliphatic carbocycles. The zero-order chi connectivity index (χ0) is 11.8. The van der Waals surface area contributed by atoms with Crippen molar-refractivity contribution in [3.8, 4) is 6.07 Å². The molecule has 1 aromatic rings. The average Bonchev–Trinajstić information content (AvgIpc) is 2.30. The van der Waals surface area contributed by atoms with E-state index in [-0.39, 0.29) is 12.6 Å². The quantitative estimate of drug-likeness (QED) is 0.589. The van der Waals surface area contributed by atoms with Crippen molar-refractivity contribution in [2.75, 3.05) is 19.7 Å². The molecule has 4 nitrogen and oxygen atoms in total. The van der Waals surface area contributed by atoms with Gasteiger partial charge >= 0.3 is 0 Å². The zero-order valence-corrected chi connectivity index (χ0v) is 9.19. The number of nitrogens with zero attached hydrogens (tertiary/aromatic N) is 1. The van der Waals surface area contributed by atoms with Crippen molar-refractivity contribution in [3.05, 3.63) is 35.4 Å². The highest BCUT2D eigenvalue weighted by molar-refractivity contribution is 5.31. The van der Waals surface area contributed by atoms with Gasteiger partial charge in [0.2, 0.25) is 0 Å². The summed E-state index contributed by atoms with van der Waals surface area (Å²) in [5.74, 6) is 0. The van der Waals surface area contributed by atoms with Gasteiger partial charge in [0.15, 0.2) is 0 Å². The van der Waals surface area contributed by atoms with Crippen LogP contribution in [0.2, 0.25) is 0 Å². The maximum absolute atomic E-state index is 8.65. The number of nitriles is 1. The Morgan fingerprint density at radius 3 is 2.62 bits per heavy atom. The van der Waals surface area contributed by atoms with Crippen LogP contribution in [0.3, 0.4) is 0 Å². The lowest BCUT2D eigenvalue weighted by molar-refractivity contribution is 0.291. The Morgan fingerprint density at radius 1 is 1.38 bits per heavy atom. The molecule has 0 amide bonds. The Morgan fingerprint density at radius 2 is 2.06 bits per heavy atom. The molecule has 0 spiro atoms. The molecule has 0 saturated carbocycles. The fraction of sp³-hybridized carbons (Fsp3) is 0.417. The van der Waals surface area contributed by atoms with Crippen molar-refractivity contribution in [3.63, 3.8) is 0 Å². The predicted molar refractivity (Wildman–Crippen MR) is 62.8 cm³/mol. The molecule has 1 rings (SSSR count). The second kappa shape index (κ2) is 6.96. The lowest BCUT2D eigenvalue weighted by Gasteiger charge is -2.12. The Hall–Kier alpha value is -1.41. The number of aliphatic hydroxyl groups is 1. The summed E-state index contributed by atoms with van der Waals surface area (Å²) in [7, 11) is 0. The van der Waals surface area contributed by atoms with Crippen molar-refractivity contribution in [2.45, 2.75) is 12.5 Å². The second-order valence-corrected chi connectivity index (χ2v) is 3.70. The Labute approximate surface area is 95.7 Å². The molecule has 1 unspecified atom stereocenters. The van der Waals surface area contributed by atoms with Gasteiger partial charge in [-0.25, -0.2) is 0 Å². The third kappa shape index (κ3) is 4.41. The first kappa shape index (κ1) is 12.7. The molecule has 1 aromatic carbocycles. The molecule has 0 bridgehead atoms. The molecule has 0 aromatic heterocycles. The van der Waals surface area contributed by atoms with Crippen molar-refractivity contribution in [1.29, 1.82) is 5.26 Å². The first-order valence-corrected chi connectivity index (χ1v) is 5.32. The lowest BCUT2D eigenvalue weighted by Crippen LogP contribution is -2.36. The topological polar surface area (TPSA) is 82.1 Å². The van der Waals surface area contributed by atoms with Gasteiger partial charge in [0.25, 0.3) is 0 Å². The Bertz CT molecular complexity index is 342. The molecule has 86 valence electrons. The number of aliphatic hydroxyl groups excluding tert-OH is 1. The molecular weight excluding hydrogens is 202 g/mol. The number of benzene rings is 1. The minimum atomic E-state index is 0.0273. The normalized spacial score (nSPS) is 12.1. The van der Waals surface area contributed by atoms with Gasteiger partial charge in [0.05, 0.1) is 18.2 Å². The van der Waals surface area contributed by atoms with E-state index in [2.05, 4.69) is 11.4 Å². The fourth-order valence-corrected chi connectivity index (χ4v) is 1.46. The van der Waals surface area contributed by atoms with Gasteiger partial charge in [0, 0.05) is 19.1 Å². The van der Waals surface area contributed by atoms with Crippen molar-refractivity contribution in [2.24, 2.45) is 5.73 Å². The first-order chi connectivity index (χ1) is 7.76. The monoisotopic (exact) mass is 219 g/mol. The smallest absolute Gasteiger partial charge is 0.0991 e. The number of rotatable bonds is 6. The standard InChI is InChI=1S/C12H17N3O/c13-8-11-3-1-10(2-4-11)7-12(14)9-15-5-6-16/h1-4,12,15-16H,5-7,9,14H2. The van der Waals surface area contributed by atoms with E-state index >= 15 is 0 Å². The van der Waals surface area contributed by atoms with Gasteiger partial charge in [-0.05, 0) is 24.1 Å². The highest BCUT2D eigenvalue weighted by atomic mass is 16.3. The lowest BCUT2D eigenvalue weighted by atomic mass is 10.1. The Balaban J connectivity index is 2.38. The van der Waals surface area contributed by atoms with Crippen LogP contribution in [0.4, 0.5) is 0 Å². The molecule has 0 saturated heterocycles. The van der Waals surface area contributed by atoms with Gasteiger partial charge in [-0.1, -0.05) is 12.1 Å². The third-order valence-electron chi connectivity index (χ3n) is 2.28. The zero-order valence-electron chi connectivity index (χ0n) is 9.19. The molecule has 1 atom stereocenters. The van der Waals surface area contributed by atoms with E-state index in [4.69, 9.17) is 16.1 Å². The first-order valence-electron chi connectivity index (χ1n) is 5.32. The molecule has 16 heavy (non-hydrogen) atoms. The summed E-state index contributed by atoms with van der Waals surface area (Å²) >= 11 is 0. The minimum Gasteiger partial charge on any atom is -0.395 e. The summed E-state index contributed by atoms with van der Waals surface area (Å²) in [4.78, 5) is 0. The molecule has 0 heterocycles. The summed E-state index contributed by atoms with van der Waals surface area (Å²) in [6, 6.07) is 9.54. The number of nitrogens with two attached hydrogens (primary N) is 1. The maximum Gasteiger partial charge on any atom is 0.0991 e. The summed E-state index contributed by atoms with van der Waals surface area (Å²) in [6.07, 6.45) is 0.768. The van der Waals surface area contributed by atoms with Crippen LogP contribution in [0.15, 0.2) is 24.3 Å². The Kier molecular flexibility index (Phi) is 5.51. The van der Waals surface area contributed by atoms with Crippen LogP contribution in [0.5, 0.6) is 0 Å². The van der Waals surface area contributed by atoms with E-state index in [9.17, 15) is 0 Å². The molecular formula is C12H17N3O. The van der Waals surface area contributed by atoms with Gasteiger partial charge in [-0.15, -0.1) is 0 Å². The molecule has 0 aliphatic rings. The average molecular weight is 219 g/mol. The van der Waals surface area contributed by atoms with E-state index in [1.807, 2.05) is 12.1 Å². The maximum atomic E-state index is 8.65. The van der Waals surface area contributed by atoms with Crippen molar-refractivity contribution < 1.29 is 5.11 Å². The number of nitrogens with one attached hydrogen (secondary N) is 1. The van der Waals surface area contributed by atoms with Gasteiger partial charge in [0.1, 0.15) is 0 Å². The van der Waals surface area contributed by atoms with Crippen LogP contribution >= 0.6 is 0 Å².